The van der Waals surface area contributed by atoms with Crippen LogP contribution in [0, 0.1) is 11.6 Å². The molecule has 0 radical (unpaired) electrons. The largest absolute Gasteiger partial charge is 0.396 e. The van der Waals surface area contributed by atoms with Gasteiger partial charge in [0.15, 0.2) is 11.6 Å². The Hall–Kier alpha value is -0.670. The maximum Gasteiger partial charge on any atom is 0.177 e. The number of hydrogen-bond donors (Lipinski definition) is 1. The van der Waals surface area contributed by atoms with Gasteiger partial charge in [0.05, 0.1) is 5.02 Å². The van der Waals surface area contributed by atoms with Crippen LogP contribution >= 0.6 is 11.6 Å². The Balaban J connectivity index is 3.04. The Labute approximate surface area is 73.6 Å². The minimum absolute atomic E-state index is 0.110. The first-order valence-corrected chi connectivity index (χ1v) is 3.77. The lowest BCUT2D eigenvalue weighted by Crippen LogP contribution is -1.94. The summed E-state index contributed by atoms with van der Waals surface area (Å²) >= 11 is 5.36. The van der Waals surface area contributed by atoms with Gasteiger partial charge in [-0.25, -0.2) is 8.78 Å². The Morgan fingerprint density at radius 2 is 2.00 bits per heavy atom. The van der Waals surface area contributed by atoms with Gasteiger partial charge >= 0.3 is 0 Å². The van der Waals surface area contributed by atoms with E-state index in [1.807, 2.05) is 0 Å². The number of aliphatic hydroxyl groups excluding tert-OH is 1. The van der Waals surface area contributed by atoms with Crippen molar-refractivity contribution >= 4 is 11.6 Å². The lowest BCUT2D eigenvalue weighted by Gasteiger charge is -2.01. The van der Waals surface area contributed by atoms with Crippen molar-refractivity contribution in [3.63, 3.8) is 0 Å². The van der Waals surface area contributed by atoms with Crippen molar-refractivity contribution in [1.29, 1.82) is 0 Å². The number of rotatable bonds is 2. The first-order chi connectivity index (χ1) is 5.65. The first-order valence-electron chi connectivity index (χ1n) is 3.39. The standard InChI is InChI=1S/C8H7ClF2O/c9-6-3-5(1-2-12)4-7(10)8(6)11/h3-4,12H,1-2H2. The molecule has 1 rings (SSSR count). The molecule has 0 spiro atoms. The van der Waals surface area contributed by atoms with Crippen LogP contribution in [0.4, 0.5) is 8.78 Å². The van der Waals surface area contributed by atoms with Crippen LogP contribution in [0.2, 0.25) is 5.02 Å². The van der Waals surface area contributed by atoms with Gasteiger partial charge in [-0.3, -0.25) is 0 Å². The van der Waals surface area contributed by atoms with E-state index < -0.39 is 11.6 Å². The number of halogens is 3. The average Bonchev–Trinajstić information content (AvgIpc) is 2.01. The SMILES string of the molecule is OCCc1cc(F)c(F)c(Cl)c1. The second kappa shape index (κ2) is 3.83. The van der Waals surface area contributed by atoms with Gasteiger partial charge in [0.1, 0.15) is 0 Å². The Bertz CT molecular complexity index is 265. The summed E-state index contributed by atoms with van der Waals surface area (Å²) in [6, 6.07) is 2.33. The van der Waals surface area contributed by atoms with Crippen LogP contribution < -0.4 is 0 Å². The molecule has 0 aliphatic rings. The monoisotopic (exact) mass is 192 g/mol. The molecule has 0 saturated heterocycles. The van der Waals surface area contributed by atoms with Gasteiger partial charge in [0.25, 0.3) is 0 Å². The topological polar surface area (TPSA) is 20.2 Å². The van der Waals surface area contributed by atoms with E-state index in [0.29, 0.717) is 5.56 Å². The first kappa shape index (κ1) is 9.42. The smallest absolute Gasteiger partial charge is 0.177 e. The summed E-state index contributed by atoms with van der Waals surface area (Å²) in [6.07, 6.45) is 0.275. The fourth-order valence-corrected chi connectivity index (χ4v) is 1.11. The molecule has 1 N–H and O–H groups in total. The van der Waals surface area contributed by atoms with Crippen LogP contribution in [0.25, 0.3) is 0 Å². The maximum atomic E-state index is 12.6. The zero-order chi connectivity index (χ0) is 9.14. The highest BCUT2D eigenvalue weighted by atomic mass is 35.5. The van der Waals surface area contributed by atoms with Crippen LogP contribution in [0.3, 0.4) is 0 Å². The highest BCUT2D eigenvalue weighted by Crippen LogP contribution is 2.19. The van der Waals surface area contributed by atoms with Gasteiger partial charge < -0.3 is 5.11 Å². The average molecular weight is 193 g/mol. The van der Waals surface area contributed by atoms with Crippen molar-refractivity contribution in [3.8, 4) is 0 Å². The molecule has 0 amide bonds. The van der Waals surface area contributed by atoms with Crippen molar-refractivity contribution in [1.82, 2.24) is 0 Å². The van der Waals surface area contributed by atoms with Gasteiger partial charge in [0, 0.05) is 6.61 Å². The minimum Gasteiger partial charge on any atom is -0.396 e. The third-order valence-electron chi connectivity index (χ3n) is 1.44. The van der Waals surface area contributed by atoms with E-state index in [9.17, 15) is 8.78 Å². The molecule has 0 aliphatic carbocycles. The molecule has 0 heterocycles. The van der Waals surface area contributed by atoms with E-state index in [1.165, 1.54) is 6.07 Å². The van der Waals surface area contributed by atoms with Crippen molar-refractivity contribution in [2.45, 2.75) is 6.42 Å². The maximum absolute atomic E-state index is 12.6. The molecule has 4 heteroatoms. The predicted molar refractivity (Wildman–Crippen MR) is 42.2 cm³/mol. The third-order valence-corrected chi connectivity index (χ3v) is 1.72. The molecule has 66 valence electrons. The third kappa shape index (κ3) is 1.93. The predicted octanol–water partition coefficient (Wildman–Crippen LogP) is 2.15. The normalized spacial score (nSPS) is 10.3. The van der Waals surface area contributed by atoms with Gasteiger partial charge in [-0.1, -0.05) is 11.6 Å². The summed E-state index contributed by atoms with van der Waals surface area (Å²) in [5, 5.41) is 8.26. The molecule has 0 aliphatic heterocycles. The van der Waals surface area contributed by atoms with Gasteiger partial charge in [0.2, 0.25) is 0 Å². The summed E-state index contributed by atoms with van der Waals surface area (Å²) in [5.41, 5.74) is 0.487. The quantitative estimate of drug-likeness (QED) is 0.712. The molecule has 0 fully saturated rings. The lowest BCUT2D eigenvalue weighted by atomic mass is 10.1. The van der Waals surface area contributed by atoms with Crippen LogP contribution in [-0.2, 0) is 6.42 Å². The molecule has 0 atom stereocenters. The van der Waals surface area contributed by atoms with E-state index in [0.717, 1.165) is 6.07 Å². The Kier molecular flexibility index (Phi) is 3.00. The molecule has 1 nitrogen and oxygen atoms in total. The molecular weight excluding hydrogens is 186 g/mol. The summed E-state index contributed by atoms with van der Waals surface area (Å²) in [5.74, 6) is -2.02. The van der Waals surface area contributed by atoms with E-state index >= 15 is 0 Å². The summed E-state index contributed by atoms with van der Waals surface area (Å²) in [7, 11) is 0. The van der Waals surface area contributed by atoms with E-state index in [2.05, 4.69) is 0 Å². The molecule has 12 heavy (non-hydrogen) atoms. The summed E-state index contributed by atoms with van der Waals surface area (Å²) in [6.45, 7) is -0.110. The van der Waals surface area contributed by atoms with Crippen molar-refractivity contribution in [3.05, 3.63) is 34.4 Å². The molecular formula is C8H7ClF2O. The molecule has 1 aromatic carbocycles. The zero-order valence-electron chi connectivity index (χ0n) is 6.15. The van der Waals surface area contributed by atoms with Crippen LogP contribution in [0.15, 0.2) is 12.1 Å². The molecule has 1 aromatic rings. The van der Waals surface area contributed by atoms with E-state index in [1.54, 1.807) is 0 Å². The Morgan fingerprint density at radius 3 is 2.50 bits per heavy atom. The number of benzene rings is 1. The van der Waals surface area contributed by atoms with Crippen molar-refractivity contribution < 1.29 is 13.9 Å². The van der Waals surface area contributed by atoms with Gasteiger partial charge in [-0.2, -0.15) is 0 Å². The second-order valence-corrected chi connectivity index (χ2v) is 2.75. The van der Waals surface area contributed by atoms with Crippen molar-refractivity contribution in [2.24, 2.45) is 0 Å². The van der Waals surface area contributed by atoms with E-state index in [4.69, 9.17) is 16.7 Å². The second-order valence-electron chi connectivity index (χ2n) is 2.35. The van der Waals surface area contributed by atoms with Gasteiger partial charge in [-0.05, 0) is 24.1 Å². The summed E-state index contributed by atoms with van der Waals surface area (Å²) in [4.78, 5) is 0. The summed E-state index contributed by atoms with van der Waals surface area (Å²) < 4.78 is 25.2. The Morgan fingerprint density at radius 1 is 1.33 bits per heavy atom. The van der Waals surface area contributed by atoms with Crippen LogP contribution in [-0.4, -0.2) is 11.7 Å². The van der Waals surface area contributed by atoms with Gasteiger partial charge in [-0.15, -0.1) is 0 Å². The highest BCUT2D eigenvalue weighted by Gasteiger charge is 2.07. The fourth-order valence-electron chi connectivity index (χ4n) is 0.881. The minimum atomic E-state index is -1.04. The van der Waals surface area contributed by atoms with Crippen LogP contribution in [0.5, 0.6) is 0 Å². The molecule has 0 aromatic heterocycles. The fraction of sp³-hybridized carbons (Fsp3) is 0.250. The zero-order valence-corrected chi connectivity index (χ0v) is 6.91. The van der Waals surface area contributed by atoms with Crippen LogP contribution in [0.1, 0.15) is 5.56 Å². The van der Waals surface area contributed by atoms with Crippen molar-refractivity contribution in [2.75, 3.05) is 6.61 Å². The molecule has 0 bridgehead atoms. The molecule has 0 unspecified atom stereocenters. The number of hydrogen-bond acceptors (Lipinski definition) is 1. The molecule has 0 saturated carbocycles. The van der Waals surface area contributed by atoms with E-state index in [-0.39, 0.29) is 18.1 Å². The lowest BCUT2D eigenvalue weighted by molar-refractivity contribution is 0.299. The highest BCUT2D eigenvalue weighted by molar-refractivity contribution is 6.30. The number of aliphatic hydroxyl groups is 1.